The Morgan fingerprint density at radius 2 is 2.22 bits per heavy atom. The fourth-order valence-corrected chi connectivity index (χ4v) is 2.98. The molecule has 2 aromatic rings. The van der Waals surface area contributed by atoms with Gasteiger partial charge in [-0.3, -0.25) is 0 Å². The Balaban J connectivity index is 2.70. The lowest BCUT2D eigenvalue weighted by Crippen LogP contribution is -2.17. The van der Waals surface area contributed by atoms with Crippen molar-refractivity contribution in [2.45, 2.75) is 26.8 Å². The van der Waals surface area contributed by atoms with Gasteiger partial charge >= 0.3 is 0 Å². The highest BCUT2D eigenvalue weighted by atomic mass is 79.9. The summed E-state index contributed by atoms with van der Waals surface area (Å²) in [6.45, 7) is 6.67. The molecule has 1 heterocycles. The molecule has 0 spiro atoms. The number of furan rings is 1. The van der Waals surface area contributed by atoms with Crippen LogP contribution in [0.2, 0.25) is 5.02 Å². The second kappa shape index (κ2) is 5.19. The van der Waals surface area contributed by atoms with Gasteiger partial charge in [-0.2, -0.15) is 0 Å². The van der Waals surface area contributed by atoms with Crippen molar-refractivity contribution in [3.8, 4) is 0 Å². The molecule has 1 aromatic carbocycles. The smallest absolute Gasteiger partial charge is 0.153 e. The molecule has 5 heteroatoms. The monoisotopic (exact) mass is 333 g/mol. The van der Waals surface area contributed by atoms with E-state index in [2.05, 4.69) is 21.2 Å². The molecule has 0 saturated heterocycles. The van der Waals surface area contributed by atoms with E-state index in [1.807, 2.05) is 20.8 Å². The van der Waals surface area contributed by atoms with Crippen LogP contribution in [0, 0.1) is 12.7 Å². The summed E-state index contributed by atoms with van der Waals surface area (Å²) in [4.78, 5) is 0. The molecular formula is C13H14BrClFNO. The van der Waals surface area contributed by atoms with E-state index in [0.29, 0.717) is 15.4 Å². The summed E-state index contributed by atoms with van der Waals surface area (Å²) in [7, 11) is 0. The second-order valence-corrected chi connectivity index (χ2v) is 5.49. The number of nitrogens with one attached hydrogen (secondary N) is 1. The van der Waals surface area contributed by atoms with Gasteiger partial charge in [-0.05, 0) is 42.4 Å². The largest absolute Gasteiger partial charge is 0.458 e. The zero-order chi connectivity index (χ0) is 13.4. The fourth-order valence-electron chi connectivity index (χ4n) is 2.14. The number of rotatable bonds is 3. The van der Waals surface area contributed by atoms with Crippen LogP contribution in [0.5, 0.6) is 0 Å². The van der Waals surface area contributed by atoms with Crippen molar-refractivity contribution in [1.29, 1.82) is 0 Å². The molecule has 2 nitrogen and oxygen atoms in total. The van der Waals surface area contributed by atoms with E-state index in [-0.39, 0.29) is 11.1 Å². The maximum absolute atomic E-state index is 14.1. The van der Waals surface area contributed by atoms with E-state index in [1.54, 1.807) is 0 Å². The molecule has 1 atom stereocenters. The van der Waals surface area contributed by atoms with Crippen molar-refractivity contribution in [2.75, 3.05) is 6.54 Å². The third-order valence-corrected chi connectivity index (χ3v) is 3.85. The number of hydrogen-bond donors (Lipinski definition) is 1. The maximum Gasteiger partial charge on any atom is 0.153 e. The molecule has 0 aliphatic carbocycles. The summed E-state index contributed by atoms with van der Waals surface area (Å²) in [5.41, 5.74) is 1.30. The standard InChI is InChI=1S/C13H14BrClFNO/c1-4-17-7(3)12-6(2)10-11(16)9(15)5-8(14)13(10)18-12/h5,7,17H,4H2,1-3H3. The van der Waals surface area contributed by atoms with Crippen LogP contribution < -0.4 is 5.32 Å². The van der Waals surface area contributed by atoms with Crippen LogP contribution in [0.25, 0.3) is 11.0 Å². The van der Waals surface area contributed by atoms with Crippen LogP contribution in [0.15, 0.2) is 15.0 Å². The van der Waals surface area contributed by atoms with E-state index in [4.69, 9.17) is 16.0 Å². The Kier molecular flexibility index (Phi) is 3.99. The van der Waals surface area contributed by atoms with Crippen molar-refractivity contribution in [3.63, 3.8) is 0 Å². The van der Waals surface area contributed by atoms with Gasteiger partial charge in [0.2, 0.25) is 0 Å². The van der Waals surface area contributed by atoms with Crippen molar-refractivity contribution < 1.29 is 8.81 Å². The second-order valence-electron chi connectivity index (χ2n) is 4.23. The first kappa shape index (κ1) is 13.8. The highest BCUT2D eigenvalue weighted by Gasteiger charge is 2.21. The SMILES string of the molecule is CCNC(C)c1oc2c(Br)cc(Cl)c(F)c2c1C. The Morgan fingerprint density at radius 1 is 1.56 bits per heavy atom. The molecule has 0 fully saturated rings. The zero-order valence-electron chi connectivity index (χ0n) is 10.4. The van der Waals surface area contributed by atoms with Gasteiger partial charge in [-0.25, -0.2) is 4.39 Å². The minimum Gasteiger partial charge on any atom is -0.458 e. The summed E-state index contributed by atoms with van der Waals surface area (Å²) in [5, 5.41) is 3.80. The van der Waals surface area contributed by atoms with Crippen LogP contribution in [-0.4, -0.2) is 6.54 Å². The summed E-state index contributed by atoms with van der Waals surface area (Å²) < 4.78 is 20.5. The Bertz CT molecular complexity index is 596. The summed E-state index contributed by atoms with van der Waals surface area (Å²) in [6, 6.07) is 1.55. The Labute approximate surface area is 119 Å². The molecule has 0 saturated carbocycles. The molecule has 0 bridgehead atoms. The van der Waals surface area contributed by atoms with E-state index >= 15 is 0 Å². The first-order valence-electron chi connectivity index (χ1n) is 5.77. The van der Waals surface area contributed by atoms with Crippen LogP contribution in [0.3, 0.4) is 0 Å². The third kappa shape index (κ3) is 2.17. The molecule has 1 N–H and O–H groups in total. The summed E-state index contributed by atoms with van der Waals surface area (Å²) >= 11 is 9.20. The van der Waals surface area contributed by atoms with Gasteiger partial charge in [0, 0.05) is 5.56 Å². The van der Waals surface area contributed by atoms with Crippen LogP contribution in [0.1, 0.15) is 31.2 Å². The number of aryl methyl sites for hydroxylation is 1. The van der Waals surface area contributed by atoms with Gasteiger partial charge in [0.25, 0.3) is 0 Å². The molecule has 98 valence electrons. The highest BCUT2D eigenvalue weighted by Crippen LogP contribution is 2.38. The lowest BCUT2D eigenvalue weighted by atomic mass is 10.1. The Morgan fingerprint density at radius 3 is 2.83 bits per heavy atom. The summed E-state index contributed by atoms with van der Waals surface area (Å²) in [5.74, 6) is 0.319. The third-order valence-electron chi connectivity index (χ3n) is 2.99. The molecule has 2 rings (SSSR count). The minimum atomic E-state index is -0.425. The van der Waals surface area contributed by atoms with Gasteiger partial charge in [0.1, 0.15) is 5.76 Å². The molecule has 0 aliphatic rings. The van der Waals surface area contributed by atoms with Crippen molar-refractivity contribution in [1.82, 2.24) is 5.32 Å². The van der Waals surface area contributed by atoms with Gasteiger partial charge < -0.3 is 9.73 Å². The van der Waals surface area contributed by atoms with Gasteiger partial charge in [0.15, 0.2) is 11.4 Å². The van der Waals surface area contributed by atoms with Crippen molar-refractivity contribution in [2.24, 2.45) is 0 Å². The predicted octanol–water partition coefficient (Wildman–Crippen LogP) is 4.97. The van der Waals surface area contributed by atoms with Gasteiger partial charge in [0.05, 0.1) is 20.9 Å². The van der Waals surface area contributed by atoms with E-state index < -0.39 is 5.82 Å². The first-order chi connectivity index (χ1) is 8.47. The quantitative estimate of drug-likeness (QED) is 0.802. The molecule has 1 unspecified atom stereocenters. The van der Waals surface area contributed by atoms with Crippen LogP contribution in [-0.2, 0) is 0 Å². The number of benzene rings is 1. The average Bonchev–Trinajstić information content (AvgIpc) is 2.65. The molecule has 0 amide bonds. The van der Waals surface area contributed by atoms with Gasteiger partial charge in [-0.1, -0.05) is 18.5 Å². The van der Waals surface area contributed by atoms with Crippen LogP contribution >= 0.6 is 27.5 Å². The maximum atomic E-state index is 14.1. The molecule has 1 aromatic heterocycles. The number of hydrogen-bond acceptors (Lipinski definition) is 2. The highest BCUT2D eigenvalue weighted by molar-refractivity contribution is 9.10. The lowest BCUT2D eigenvalue weighted by molar-refractivity contribution is 0.455. The average molecular weight is 335 g/mol. The van der Waals surface area contributed by atoms with E-state index in [0.717, 1.165) is 17.9 Å². The number of fused-ring (bicyclic) bond motifs is 1. The van der Waals surface area contributed by atoms with E-state index in [9.17, 15) is 4.39 Å². The van der Waals surface area contributed by atoms with Crippen molar-refractivity contribution >= 4 is 38.5 Å². The fraction of sp³-hybridized carbons (Fsp3) is 0.385. The minimum absolute atomic E-state index is 0.0347. The normalized spacial score (nSPS) is 13.2. The zero-order valence-corrected chi connectivity index (χ0v) is 12.7. The summed E-state index contributed by atoms with van der Waals surface area (Å²) in [6.07, 6.45) is 0. The molecule has 18 heavy (non-hydrogen) atoms. The molecule has 0 radical (unpaired) electrons. The topological polar surface area (TPSA) is 25.2 Å². The molecule has 0 aliphatic heterocycles. The van der Waals surface area contributed by atoms with Crippen LogP contribution in [0.4, 0.5) is 4.39 Å². The predicted molar refractivity (Wildman–Crippen MR) is 75.7 cm³/mol. The van der Waals surface area contributed by atoms with E-state index in [1.165, 1.54) is 6.07 Å². The first-order valence-corrected chi connectivity index (χ1v) is 6.94. The van der Waals surface area contributed by atoms with Gasteiger partial charge in [-0.15, -0.1) is 0 Å². The van der Waals surface area contributed by atoms with Crippen molar-refractivity contribution in [3.05, 3.63) is 32.7 Å². The Hall–Kier alpha value is -0.580. The number of halogens is 3. The molecular weight excluding hydrogens is 321 g/mol. The lowest BCUT2D eigenvalue weighted by Gasteiger charge is -2.09.